The van der Waals surface area contributed by atoms with Crippen LogP contribution in [-0.4, -0.2) is 65.9 Å². The van der Waals surface area contributed by atoms with Crippen molar-refractivity contribution in [1.29, 1.82) is 0 Å². The van der Waals surface area contributed by atoms with Crippen LogP contribution in [0.3, 0.4) is 0 Å². The Morgan fingerprint density at radius 3 is 1.18 bits per heavy atom. The molecule has 0 aromatic rings. The van der Waals surface area contributed by atoms with E-state index < -0.39 is 0 Å². The van der Waals surface area contributed by atoms with Crippen molar-refractivity contribution in [1.82, 2.24) is 5.32 Å². The van der Waals surface area contributed by atoms with Gasteiger partial charge < -0.3 is 24.3 Å². The van der Waals surface area contributed by atoms with Gasteiger partial charge in [-0.15, -0.1) is 0 Å². The minimum Gasteiger partial charge on any atom is -0.378 e. The highest BCUT2D eigenvalue weighted by Crippen LogP contribution is 1.83. The Morgan fingerprint density at radius 2 is 0.824 bits per heavy atom. The molecule has 1 saturated heterocycles. The molecule has 1 fully saturated rings. The van der Waals surface area contributed by atoms with Crippen molar-refractivity contribution in [2.75, 3.05) is 65.9 Å². The third kappa shape index (κ3) is 13.7. The first kappa shape index (κ1) is 16.8. The van der Waals surface area contributed by atoms with Crippen molar-refractivity contribution < 1.29 is 18.9 Å². The molecule has 1 aliphatic heterocycles. The average Bonchev–Trinajstić information content (AvgIpc) is 2.39. The molecule has 1 N–H and O–H groups in total. The Kier molecular flexibility index (Phi) is 15.6. The van der Waals surface area contributed by atoms with E-state index in [0.717, 1.165) is 26.3 Å². The van der Waals surface area contributed by atoms with Crippen LogP contribution in [0, 0.1) is 0 Å². The Balaban J connectivity index is 0.00000121. The van der Waals surface area contributed by atoms with Gasteiger partial charge in [0.2, 0.25) is 0 Å². The first-order valence-electron chi connectivity index (χ1n) is 6.52. The van der Waals surface area contributed by atoms with Gasteiger partial charge in [0.15, 0.2) is 0 Å². The van der Waals surface area contributed by atoms with Crippen molar-refractivity contribution >= 4 is 0 Å². The maximum Gasteiger partial charge on any atom is 0.0701 e. The molecule has 0 aromatic heterocycles. The molecule has 1 heterocycles. The molecule has 5 nitrogen and oxygen atoms in total. The molecular weight excluding hydrogens is 222 g/mol. The minimum absolute atomic E-state index is 0.627. The van der Waals surface area contributed by atoms with Crippen LogP contribution in [0.15, 0.2) is 0 Å². The molecule has 0 unspecified atom stereocenters. The van der Waals surface area contributed by atoms with E-state index >= 15 is 0 Å². The molecule has 5 heteroatoms. The minimum atomic E-state index is 0.627. The smallest absolute Gasteiger partial charge is 0.0701 e. The van der Waals surface area contributed by atoms with Crippen molar-refractivity contribution in [2.24, 2.45) is 0 Å². The predicted octanol–water partition coefficient (Wildman–Crippen LogP) is 0.682. The lowest BCUT2D eigenvalue weighted by Gasteiger charge is -2.05. The van der Waals surface area contributed by atoms with Crippen molar-refractivity contribution in [3.63, 3.8) is 0 Å². The van der Waals surface area contributed by atoms with Crippen LogP contribution < -0.4 is 5.32 Å². The van der Waals surface area contributed by atoms with E-state index in [9.17, 15) is 0 Å². The molecular formula is C12H27NO4. The molecule has 0 spiro atoms. The third-order valence-electron chi connectivity index (χ3n) is 1.96. The second kappa shape index (κ2) is 15.8. The van der Waals surface area contributed by atoms with E-state index in [0.29, 0.717) is 39.6 Å². The van der Waals surface area contributed by atoms with E-state index in [1.165, 1.54) is 0 Å². The highest BCUT2D eigenvalue weighted by atomic mass is 16.6. The fourth-order valence-electron chi connectivity index (χ4n) is 1.18. The summed E-state index contributed by atoms with van der Waals surface area (Å²) in [6.45, 7) is 11.0. The number of ether oxygens (including phenoxy) is 4. The summed E-state index contributed by atoms with van der Waals surface area (Å²) in [6, 6.07) is 0. The van der Waals surface area contributed by atoms with Gasteiger partial charge >= 0.3 is 0 Å². The van der Waals surface area contributed by atoms with Gasteiger partial charge in [-0.05, 0) is 0 Å². The quantitative estimate of drug-likeness (QED) is 0.684. The molecule has 0 amide bonds. The van der Waals surface area contributed by atoms with Crippen molar-refractivity contribution in [2.45, 2.75) is 13.8 Å². The summed E-state index contributed by atoms with van der Waals surface area (Å²) < 4.78 is 21.3. The Labute approximate surface area is 105 Å². The van der Waals surface area contributed by atoms with Crippen LogP contribution in [-0.2, 0) is 18.9 Å². The van der Waals surface area contributed by atoms with Gasteiger partial charge in [0.05, 0.1) is 52.9 Å². The number of nitrogens with one attached hydrogen (secondary N) is 1. The summed E-state index contributed by atoms with van der Waals surface area (Å²) in [5, 5.41) is 3.22. The van der Waals surface area contributed by atoms with E-state index in [-0.39, 0.29) is 0 Å². The molecule has 0 atom stereocenters. The second-order valence-corrected chi connectivity index (χ2v) is 3.20. The topological polar surface area (TPSA) is 49.0 Å². The molecule has 17 heavy (non-hydrogen) atoms. The lowest BCUT2D eigenvalue weighted by atomic mass is 10.6. The van der Waals surface area contributed by atoms with E-state index in [2.05, 4.69) is 5.32 Å². The van der Waals surface area contributed by atoms with Gasteiger partial charge in [-0.25, -0.2) is 0 Å². The highest BCUT2D eigenvalue weighted by molar-refractivity contribution is 4.45. The molecule has 104 valence electrons. The van der Waals surface area contributed by atoms with Crippen molar-refractivity contribution in [3.05, 3.63) is 0 Å². The third-order valence-corrected chi connectivity index (χ3v) is 1.96. The van der Waals surface area contributed by atoms with Gasteiger partial charge in [0, 0.05) is 13.1 Å². The first-order valence-corrected chi connectivity index (χ1v) is 6.52. The van der Waals surface area contributed by atoms with Crippen LogP contribution in [0.1, 0.15) is 13.8 Å². The van der Waals surface area contributed by atoms with E-state index in [1.807, 2.05) is 13.8 Å². The largest absolute Gasteiger partial charge is 0.378 e. The van der Waals surface area contributed by atoms with Crippen LogP contribution >= 0.6 is 0 Å². The number of hydrogen-bond donors (Lipinski definition) is 1. The Hall–Kier alpha value is -0.200. The highest BCUT2D eigenvalue weighted by Gasteiger charge is 1.94. The SMILES string of the molecule is C1COCCOCCOCCOCCN1.CC. The van der Waals surface area contributed by atoms with Crippen LogP contribution in [0.25, 0.3) is 0 Å². The van der Waals surface area contributed by atoms with Crippen LogP contribution in [0.2, 0.25) is 0 Å². The summed E-state index contributed by atoms with van der Waals surface area (Å²) in [6.07, 6.45) is 0. The van der Waals surface area contributed by atoms with Crippen LogP contribution in [0.4, 0.5) is 0 Å². The van der Waals surface area contributed by atoms with Gasteiger partial charge in [-0.1, -0.05) is 13.8 Å². The predicted molar refractivity (Wildman–Crippen MR) is 67.5 cm³/mol. The molecule has 1 aliphatic rings. The summed E-state index contributed by atoms with van der Waals surface area (Å²) in [5.41, 5.74) is 0. The summed E-state index contributed by atoms with van der Waals surface area (Å²) >= 11 is 0. The van der Waals surface area contributed by atoms with Crippen LogP contribution in [0.5, 0.6) is 0 Å². The standard InChI is InChI=1S/C10H21NO4.C2H6/c1-3-12-5-7-14-9-10-15-8-6-13-4-2-11-1;1-2/h11H,1-10H2;1-2H3. The average molecular weight is 249 g/mol. The van der Waals surface area contributed by atoms with E-state index in [1.54, 1.807) is 0 Å². The summed E-state index contributed by atoms with van der Waals surface area (Å²) in [4.78, 5) is 0. The maximum atomic E-state index is 5.34. The lowest BCUT2D eigenvalue weighted by Crippen LogP contribution is -2.24. The zero-order valence-corrected chi connectivity index (χ0v) is 11.2. The molecule has 1 rings (SSSR count). The van der Waals surface area contributed by atoms with Gasteiger partial charge in [0.25, 0.3) is 0 Å². The van der Waals surface area contributed by atoms with Gasteiger partial charge in [-0.3, -0.25) is 0 Å². The van der Waals surface area contributed by atoms with E-state index in [4.69, 9.17) is 18.9 Å². The summed E-state index contributed by atoms with van der Waals surface area (Å²) in [5.74, 6) is 0. The maximum absolute atomic E-state index is 5.34. The normalized spacial score (nSPS) is 21.5. The number of rotatable bonds is 0. The van der Waals surface area contributed by atoms with Gasteiger partial charge in [0.1, 0.15) is 0 Å². The zero-order chi connectivity index (χ0) is 12.6. The fourth-order valence-corrected chi connectivity index (χ4v) is 1.18. The molecule has 0 bridgehead atoms. The lowest BCUT2D eigenvalue weighted by molar-refractivity contribution is 0.00206. The molecule has 0 aromatic carbocycles. The first-order chi connectivity index (χ1) is 8.50. The summed E-state index contributed by atoms with van der Waals surface area (Å²) in [7, 11) is 0. The zero-order valence-electron chi connectivity index (χ0n) is 11.2. The number of hydrogen-bond acceptors (Lipinski definition) is 5. The van der Waals surface area contributed by atoms with Crippen molar-refractivity contribution in [3.8, 4) is 0 Å². The fraction of sp³-hybridized carbons (Fsp3) is 1.00. The Bertz CT molecular complexity index is 77.1. The molecule has 0 aliphatic carbocycles. The molecule has 0 saturated carbocycles. The Morgan fingerprint density at radius 1 is 0.529 bits per heavy atom. The van der Waals surface area contributed by atoms with Gasteiger partial charge in [-0.2, -0.15) is 0 Å². The monoisotopic (exact) mass is 249 g/mol. The molecule has 0 radical (unpaired) electrons. The second-order valence-electron chi connectivity index (χ2n) is 3.20.